The van der Waals surface area contributed by atoms with Crippen molar-refractivity contribution in [2.75, 3.05) is 18.9 Å². The zero-order valence-electron chi connectivity index (χ0n) is 14.6. The molecular formula is C19H19FN4O2. The van der Waals surface area contributed by atoms with E-state index in [9.17, 15) is 9.18 Å². The maximum Gasteiger partial charge on any atom is 0.321 e. The molecule has 1 N–H and O–H groups in total. The van der Waals surface area contributed by atoms with Crippen LogP contribution in [0.4, 0.5) is 14.9 Å². The molecule has 0 saturated heterocycles. The number of aryl methyl sites for hydroxylation is 1. The van der Waals surface area contributed by atoms with Crippen LogP contribution in [0, 0.1) is 12.7 Å². The fourth-order valence-electron chi connectivity index (χ4n) is 2.36. The van der Waals surface area contributed by atoms with Crippen LogP contribution in [0.1, 0.15) is 11.4 Å². The van der Waals surface area contributed by atoms with Crippen molar-refractivity contribution in [1.82, 2.24) is 15.0 Å². The highest BCUT2D eigenvalue weighted by atomic mass is 19.1. The number of benzene rings is 2. The zero-order chi connectivity index (χ0) is 18.5. The predicted octanol–water partition coefficient (Wildman–Crippen LogP) is 3.89. The lowest BCUT2D eigenvalue weighted by molar-refractivity contribution is 0.222. The molecule has 0 saturated carbocycles. The van der Waals surface area contributed by atoms with Crippen molar-refractivity contribution < 1.29 is 13.7 Å². The molecule has 0 aliphatic rings. The SMILES string of the molecule is Cc1ccccc1NC(=O)N(C)CCc1noc(-c2ccc(F)cc2)n1. The Morgan fingerprint density at radius 3 is 2.65 bits per heavy atom. The van der Waals surface area contributed by atoms with Gasteiger partial charge in [-0.2, -0.15) is 4.98 Å². The molecule has 3 aromatic rings. The Morgan fingerprint density at radius 2 is 1.92 bits per heavy atom. The lowest BCUT2D eigenvalue weighted by atomic mass is 10.2. The van der Waals surface area contributed by atoms with Gasteiger partial charge in [0.15, 0.2) is 5.82 Å². The van der Waals surface area contributed by atoms with Gasteiger partial charge >= 0.3 is 6.03 Å². The van der Waals surface area contributed by atoms with E-state index in [1.54, 1.807) is 24.1 Å². The minimum Gasteiger partial charge on any atom is -0.334 e. The number of likely N-dealkylation sites (N-methyl/N-ethyl adjacent to an activating group) is 1. The van der Waals surface area contributed by atoms with Crippen molar-refractivity contribution in [3.05, 3.63) is 65.7 Å². The highest BCUT2D eigenvalue weighted by Crippen LogP contribution is 2.18. The molecule has 0 atom stereocenters. The summed E-state index contributed by atoms with van der Waals surface area (Å²) in [7, 11) is 1.70. The number of urea groups is 1. The lowest BCUT2D eigenvalue weighted by Gasteiger charge is -2.18. The van der Waals surface area contributed by atoms with Crippen molar-refractivity contribution in [2.24, 2.45) is 0 Å². The van der Waals surface area contributed by atoms with Crippen molar-refractivity contribution in [2.45, 2.75) is 13.3 Å². The first-order valence-electron chi connectivity index (χ1n) is 8.19. The molecule has 7 heteroatoms. The largest absolute Gasteiger partial charge is 0.334 e. The number of nitrogens with one attached hydrogen (secondary N) is 1. The molecule has 2 amide bonds. The summed E-state index contributed by atoms with van der Waals surface area (Å²) in [5.41, 5.74) is 2.43. The van der Waals surface area contributed by atoms with Crippen molar-refractivity contribution >= 4 is 11.7 Å². The fourth-order valence-corrected chi connectivity index (χ4v) is 2.36. The number of anilines is 1. The lowest BCUT2D eigenvalue weighted by Crippen LogP contribution is -2.33. The van der Waals surface area contributed by atoms with E-state index in [1.807, 2.05) is 31.2 Å². The highest BCUT2D eigenvalue weighted by Gasteiger charge is 2.13. The average Bonchev–Trinajstić information content (AvgIpc) is 3.11. The van der Waals surface area contributed by atoms with Crippen LogP contribution < -0.4 is 5.32 Å². The van der Waals surface area contributed by atoms with Gasteiger partial charge in [0.2, 0.25) is 0 Å². The normalized spacial score (nSPS) is 10.6. The van der Waals surface area contributed by atoms with Crippen LogP contribution >= 0.6 is 0 Å². The van der Waals surface area contributed by atoms with Crippen molar-refractivity contribution in [3.63, 3.8) is 0 Å². The smallest absolute Gasteiger partial charge is 0.321 e. The van der Waals surface area contributed by atoms with Crippen molar-refractivity contribution in [3.8, 4) is 11.5 Å². The predicted molar refractivity (Wildman–Crippen MR) is 96.2 cm³/mol. The summed E-state index contributed by atoms with van der Waals surface area (Å²) in [6.07, 6.45) is 0.447. The number of hydrogen-bond donors (Lipinski definition) is 1. The molecule has 0 aliphatic heterocycles. The summed E-state index contributed by atoms with van der Waals surface area (Å²) >= 11 is 0. The average molecular weight is 354 g/mol. The van der Waals surface area contributed by atoms with Gasteiger partial charge in [-0.25, -0.2) is 9.18 Å². The monoisotopic (exact) mass is 354 g/mol. The van der Waals surface area contributed by atoms with Gasteiger partial charge in [0.25, 0.3) is 5.89 Å². The van der Waals surface area contributed by atoms with E-state index in [4.69, 9.17) is 4.52 Å². The van der Waals surface area contributed by atoms with Crippen LogP contribution in [0.3, 0.4) is 0 Å². The van der Waals surface area contributed by atoms with Crippen LogP contribution in [0.2, 0.25) is 0 Å². The van der Waals surface area contributed by atoms with Crippen LogP contribution in [-0.4, -0.2) is 34.7 Å². The van der Waals surface area contributed by atoms with Gasteiger partial charge in [-0.3, -0.25) is 0 Å². The van der Waals surface area contributed by atoms with Gasteiger partial charge in [-0.15, -0.1) is 0 Å². The van der Waals surface area contributed by atoms with E-state index >= 15 is 0 Å². The fraction of sp³-hybridized carbons (Fsp3) is 0.211. The van der Waals surface area contributed by atoms with E-state index in [2.05, 4.69) is 15.5 Å². The van der Waals surface area contributed by atoms with E-state index < -0.39 is 0 Å². The molecule has 0 bridgehead atoms. The Bertz CT molecular complexity index is 893. The first-order valence-corrected chi connectivity index (χ1v) is 8.19. The first-order chi connectivity index (χ1) is 12.5. The van der Waals surface area contributed by atoms with Crippen LogP contribution in [0.15, 0.2) is 53.1 Å². The summed E-state index contributed by atoms with van der Waals surface area (Å²) in [5.74, 6) is 0.488. The van der Waals surface area contributed by atoms with E-state index in [-0.39, 0.29) is 11.8 Å². The van der Waals surface area contributed by atoms with Crippen molar-refractivity contribution in [1.29, 1.82) is 0 Å². The molecule has 1 aromatic heterocycles. The number of carbonyl (C=O) groups excluding carboxylic acids is 1. The molecule has 0 radical (unpaired) electrons. The molecule has 1 heterocycles. The highest BCUT2D eigenvalue weighted by molar-refractivity contribution is 5.89. The number of halogens is 1. The number of carbonyl (C=O) groups is 1. The minimum atomic E-state index is -0.324. The summed E-state index contributed by atoms with van der Waals surface area (Å²) in [6.45, 7) is 2.37. The molecule has 0 spiro atoms. The molecule has 134 valence electrons. The minimum absolute atomic E-state index is 0.207. The second-order valence-corrected chi connectivity index (χ2v) is 5.94. The molecule has 6 nitrogen and oxygen atoms in total. The third kappa shape index (κ3) is 4.24. The van der Waals surface area contributed by atoms with Gasteiger partial charge in [0.1, 0.15) is 5.82 Å². The van der Waals surface area contributed by atoms with Gasteiger partial charge in [0.05, 0.1) is 0 Å². The Morgan fingerprint density at radius 1 is 1.19 bits per heavy atom. The van der Waals surface area contributed by atoms with Gasteiger partial charge in [-0.1, -0.05) is 23.4 Å². The molecule has 3 rings (SSSR count). The molecule has 0 unspecified atom stereocenters. The standard InChI is InChI=1S/C19H19FN4O2/c1-13-5-3-4-6-16(13)21-19(25)24(2)12-11-17-22-18(26-23-17)14-7-9-15(20)10-8-14/h3-10H,11-12H2,1-2H3,(H,21,25). The second-order valence-electron chi connectivity index (χ2n) is 5.94. The summed E-state index contributed by atoms with van der Waals surface area (Å²) in [6, 6.07) is 13.2. The molecule has 2 aromatic carbocycles. The Hall–Kier alpha value is -3.22. The number of hydrogen-bond acceptors (Lipinski definition) is 4. The zero-order valence-corrected chi connectivity index (χ0v) is 14.6. The number of nitrogens with zero attached hydrogens (tertiary/aromatic N) is 3. The Kier molecular flexibility index (Phi) is 5.26. The van der Waals surface area contributed by atoms with E-state index in [0.717, 1.165) is 11.3 Å². The number of amides is 2. The van der Waals surface area contributed by atoms with E-state index in [0.29, 0.717) is 30.2 Å². The summed E-state index contributed by atoms with van der Waals surface area (Å²) < 4.78 is 18.2. The Labute approximate surface area is 150 Å². The van der Waals surface area contributed by atoms with Gasteiger partial charge < -0.3 is 14.7 Å². The number of aromatic nitrogens is 2. The number of para-hydroxylation sites is 1. The third-order valence-corrected chi connectivity index (χ3v) is 3.96. The maximum absolute atomic E-state index is 13.0. The summed E-state index contributed by atoms with van der Waals surface area (Å²) in [4.78, 5) is 18.1. The summed E-state index contributed by atoms with van der Waals surface area (Å²) in [5, 5.41) is 6.78. The topological polar surface area (TPSA) is 71.3 Å². The molecule has 26 heavy (non-hydrogen) atoms. The molecule has 0 fully saturated rings. The number of rotatable bonds is 5. The van der Waals surface area contributed by atoms with Crippen LogP contribution in [0.5, 0.6) is 0 Å². The Balaban J connectivity index is 1.56. The van der Waals surface area contributed by atoms with E-state index in [1.165, 1.54) is 12.1 Å². The maximum atomic E-state index is 13.0. The van der Waals surface area contributed by atoms with Crippen LogP contribution in [0.25, 0.3) is 11.5 Å². The van der Waals surface area contributed by atoms with Gasteiger partial charge in [-0.05, 0) is 42.8 Å². The molecule has 0 aliphatic carbocycles. The molecular weight excluding hydrogens is 335 g/mol. The van der Waals surface area contributed by atoms with Gasteiger partial charge in [0, 0.05) is 31.3 Å². The van der Waals surface area contributed by atoms with Crippen LogP contribution in [-0.2, 0) is 6.42 Å². The third-order valence-electron chi connectivity index (χ3n) is 3.96. The quantitative estimate of drug-likeness (QED) is 0.754. The first kappa shape index (κ1) is 17.6. The second kappa shape index (κ2) is 7.77.